The summed E-state index contributed by atoms with van der Waals surface area (Å²) in [6.07, 6.45) is 3.52. The highest BCUT2D eigenvalue weighted by Gasteiger charge is 2.28. The van der Waals surface area contributed by atoms with Gasteiger partial charge in [-0.3, -0.25) is 19.4 Å². The van der Waals surface area contributed by atoms with Gasteiger partial charge < -0.3 is 48.3 Å². The molecule has 39 heavy (non-hydrogen) atoms. The Morgan fingerprint density at radius 2 is 1.67 bits per heavy atom. The molecule has 2 aromatic rings. The third-order valence-electron chi connectivity index (χ3n) is 5.65. The second-order valence-corrected chi connectivity index (χ2v) is 8.90. The molecule has 1 aromatic carbocycles. The number of imidazole rings is 1. The first-order valence-electron chi connectivity index (χ1n) is 12.2. The number of guanidine groups is 1. The highest BCUT2D eigenvalue weighted by Crippen LogP contribution is 2.12. The quantitative estimate of drug-likeness (QED) is 0.0664. The van der Waals surface area contributed by atoms with Gasteiger partial charge >= 0.3 is 5.97 Å². The molecule has 0 radical (unpaired) electrons. The van der Waals surface area contributed by atoms with Crippen molar-refractivity contribution in [2.75, 3.05) is 6.54 Å². The summed E-state index contributed by atoms with van der Waals surface area (Å²) in [6, 6.07) is 1.58. The van der Waals surface area contributed by atoms with Crippen LogP contribution in [0.1, 0.15) is 31.0 Å². The number of aliphatic carboxylic acids is 1. The summed E-state index contributed by atoms with van der Waals surface area (Å²) in [4.78, 5) is 60.6. The largest absolute Gasteiger partial charge is 0.508 e. The second kappa shape index (κ2) is 14.9. The molecule has 15 nitrogen and oxygen atoms in total. The molecule has 0 spiro atoms. The predicted molar refractivity (Wildman–Crippen MR) is 141 cm³/mol. The Hall–Kier alpha value is -4.66. The summed E-state index contributed by atoms with van der Waals surface area (Å²) in [7, 11) is 0. The van der Waals surface area contributed by atoms with Crippen LogP contribution in [0.2, 0.25) is 0 Å². The van der Waals surface area contributed by atoms with Crippen LogP contribution in [-0.4, -0.2) is 80.5 Å². The van der Waals surface area contributed by atoms with Gasteiger partial charge in [0.25, 0.3) is 0 Å². The van der Waals surface area contributed by atoms with Crippen molar-refractivity contribution >= 4 is 29.7 Å². The number of hydrogen-bond donors (Lipinski definition) is 9. The molecule has 4 unspecified atom stereocenters. The fraction of sp³-hybridized carbons (Fsp3) is 0.417. The first-order valence-corrected chi connectivity index (χ1v) is 12.2. The molecule has 0 aliphatic rings. The van der Waals surface area contributed by atoms with Gasteiger partial charge in [0.1, 0.15) is 23.9 Å². The van der Waals surface area contributed by atoms with Crippen molar-refractivity contribution < 1.29 is 29.4 Å². The lowest BCUT2D eigenvalue weighted by atomic mass is 10.0. The van der Waals surface area contributed by atoms with E-state index in [0.29, 0.717) is 17.7 Å². The minimum absolute atomic E-state index is 0.0296. The molecule has 0 saturated heterocycles. The van der Waals surface area contributed by atoms with Gasteiger partial charge in [-0.25, -0.2) is 9.78 Å². The van der Waals surface area contributed by atoms with E-state index in [1.165, 1.54) is 31.6 Å². The normalized spacial score (nSPS) is 13.8. The predicted octanol–water partition coefficient (Wildman–Crippen LogP) is -2.16. The van der Waals surface area contributed by atoms with Crippen LogP contribution < -0.4 is 33.2 Å². The number of nitrogens with zero attached hydrogens (tertiary/aromatic N) is 2. The van der Waals surface area contributed by atoms with Crippen LogP contribution in [0.4, 0.5) is 0 Å². The van der Waals surface area contributed by atoms with Gasteiger partial charge in [-0.15, -0.1) is 0 Å². The molecule has 0 bridgehead atoms. The van der Waals surface area contributed by atoms with E-state index >= 15 is 0 Å². The molecular weight excluding hydrogens is 510 g/mol. The maximum absolute atomic E-state index is 13.1. The van der Waals surface area contributed by atoms with E-state index in [-0.39, 0.29) is 37.5 Å². The van der Waals surface area contributed by atoms with Crippen molar-refractivity contribution in [2.45, 2.75) is 56.8 Å². The average Bonchev–Trinajstić information content (AvgIpc) is 3.39. The fourth-order valence-corrected chi connectivity index (χ4v) is 3.52. The van der Waals surface area contributed by atoms with Gasteiger partial charge in [0.15, 0.2) is 5.96 Å². The number of carboxylic acids is 1. The molecule has 3 amide bonds. The van der Waals surface area contributed by atoms with Gasteiger partial charge in [0.2, 0.25) is 17.7 Å². The van der Waals surface area contributed by atoms with Crippen molar-refractivity contribution in [1.82, 2.24) is 25.9 Å². The number of aromatic amines is 1. The topological polar surface area (TPSA) is 264 Å². The molecule has 212 valence electrons. The number of aromatic hydroxyl groups is 1. The standard InChI is InChI=1S/C24H35N9O6/c1-13(20(35)32-18(23(38)39)3-2-8-29-24(26)27)31-22(37)19(9-14-4-6-16(34)7-5-14)33-21(36)17(25)10-15-11-28-12-30-15/h4-7,11-13,17-19,34H,2-3,8-10,25H2,1H3,(H,28,30)(H,31,37)(H,32,35)(H,33,36)(H,38,39)(H4,26,27,29). The first kappa shape index (κ1) is 30.6. The first-order chi connectivity index (χ1) is 18.5. The molecular formula is C24H35N9O6. The molecule has 0 aliphatic heterocycles. The Balaban J connectivity index is 2.05. The summed E-state index contributed by atoms with van der Waals surface area (Å²) in [5.41, 5.74) is 17.8. The number of hydrogen-bond acceptors (Lipinski definition) is 8. The maximum atomic E-state index is 13.1. The lowest BCUT2D eigenvalue weighted by Crippen LogP contribution is -2.57. The van der Waals surface area contributed by atoms with Crippen molar-refractivity contribution in [3.05, 3.63) is 48.0 Å². The highest BCUT2D eigenvalue weighted by atomic mass is 16.4. The van der Waals surface area contributed by atoms with E-state index in [9.17, 15) is 29.4 Å². The van der Waals surface area contributed by atoms with Crippen molar-refractivity contribution in [1.29, 1.82) is 0 Å². The zero-order chi connectivity index (χ0) is 28.9. The summed E-state index contributed by atoms with van der Waals surface area (Å²) in [5, 5.41) is 26.5. The number of carbonyl (C=O) groups excluding carboxylic acids is 3. The lowest BCUT2D eigenvalue weighted by molar-refractivity contribution is -0.142. The molecule has 0 aliphatic carbocycles. The Kier molecular flexibility index (Phi) is 11.7. The number of carboxylic acid groups (broad SMARTS) is 1. The van der Waals surface area contributed by atoms with Crippen LogP contribution in [0.15, 0.2) is 41.8 Å². The number of nitrogens with two attached hydrogens (primary N) is 3. The number of phenolic OH excluding ortho intramolecular Hbond substituents is 1. The SMILES string of the molecule is CC(NC(=O)C(Cc1ccc(O)cc1)NC(=O)C(N)Cc1cnc[nH]1)C(=O)NC(CCCN=C(N)N)C(=O)O. The summed E-state index contributed by atoms with van der Waals surface area (Å²) in [5.74, 6) is -3.38. The van der Waals surface area contributed by atoms with E-state index in [0.717, 1.165) is 0 Å². The van der Waals surface area contributed by atoms with E-state index in [2.05, 4.69) is 30.9 Å². The third kappa shape index (κ3) is 10.7. The number of carbonyl (C=O) groups is 4. The van der Waals surface area contributed by atoms with Gasteiger partial charge in [0.05, 0.1) is 12.4 Å². The number of nitrogens with one attached hydrogen (secondary N) is 4. The van der Waals surface area contributed by atoms with E-state index in [1.807, 2.05) is 0 Å². The van der Waals surface area contributed by atoms with Crippen LogP contribution in [0.5, 0.6) is 5.75 Å². The van der Waals surface area contributed by atoms with Crippen LogP contribution in [-0.2, 0) is 32.0 Å². The average molecular weight is 546 g/mol. The van der Waals surface area contributed by atoms with Gasteiger partial charge in [-0.1, -0.05) is 12.1 Å². The third-order valence-corrected chi connectivity index (χ3v) is 5.65. The summed E-state index contributed by atoms with van der Waals surface area (Å²) in [6.45, 7) is 1.57. The van der Waals surface area contributed by atoms with Crippen molar-refractivity contribution in [3.8, 4) is 5.75 Å². The Bertz CT molecular complexity index is 1130. The Morgan fingerprint density at radius 3 is 2.26 bits per heavy atom. The van der Waals surface area contributed by atoms with Crippen molar-refractivity contribution in [2.24, 2.45) is 22.2 Å². The van der Waals surface area contributed by atoms with E-state index < -0.39 is 47.9 Å². The minimum Gasteiger partial charge on any atom is -0.508 e. The molecule has 4 atom stereocenters. The summed E-state index contributed by atoms with van der Waals surface area (Å²) < 4.78 is 0. The second-order valence-electron chi connectivity index (χ2n) is 8.90. The zero-order valence-electron chi connectivity index (χ0n) is 21.5. The molecule has 2 rings (SSSR count). The monoisotopic (exact) mass is 545 g/mol. The highest BCUT2D eigenvalue weighted by molar-refractivity contribution is 5.94. The molecule has 1 heterocycles. The molecule has 1 aromatic heterocycles. The van der Waals surface area contributed by atoms with E-state index in [1.54, 1.807) is 12.1 Å². The van der Waals surface area contributed by atoms with Crippen LogP contribution in [0.25, 0.3) is 0 Å². The van der Waals surface area contributed by atoms with Crippen LogP contribution in [0, 0.1) is 0 Å². The summed E-state index contributed by atoms with van der Waals surface area (Å²) >= 11 is 0. The Labute approximate surface area is 224 Å². The van der Waals surface area contributed by atoms with Gasteiger partial charge in [-0.2, -0.15) is 0 Å². The number of H-pyrrole nitrogens is 1. The van der Waals surface area contributed by atoms with Gasteiger partial charge in [0, 0.05) is 31.3 Å². The number of aromatic nitrogens is 2. The number of benzene rings is 1. The van der Waals surface area contributed by atoms with Crippen LogP contribution >= 0.6 is 0 Å². The number of phenols is 1. The van der Waals surface area contributed by atoms with Crippen molar-refractivity contribution in [3.63, 3.8) is 0 Å². The maximum Gasteiger partial charge on any atom is 0.326 e. The van der Waals surface area contributed by atoms with E-state index in [4.69, 9.17) is 17.2 Å². The fourth-order valence-electron chi connectivity index (χ4n) is 3.52. The molecule has 0 fully saturated rings. The van der Waals surface area contributed by atoms with Crippen LogP contribution in [0.3, 0.4) is 0 Å². The number of amides is 3. The number of rotatable bonds is 15. The molecule has 0 saturated carbocycles. The minimum atomic E-state index is -1.25. The molecule has 15 heteroatoms. The molecule has 12 N–H and O–H groups in total. The lowest BCUT2D eigenvalue weighted by Gasteiger charge is -2.23. The zero-order valence-corrected chi connectivity index (χ0v) is 21.5. The number of aliphatic imine (C=N–C) groups is 1. The Morgan fingerprint density at radius 1 is 1.00 bits per heavy atom. The van der Waals surface area contributed by atoms with Gasteiger partial charge in [-0.05, 0) is 37.5 Å². The smallest absolute Gasteiger partial charge is 0.326 e.